The van der Waals surface area contributed by atoms with Crippen LogP contribution in [0.4, 0.5) is 0 Å². The van der Waals surface area contributed by atoms with Crippen molar-refractivity contribution in [1.82, 2.24) is 0 Å². The SMILES string of the molecule is CC.CC.Cc1ccc(C2CCCC2)cc1C. The van der Waals surface area contributed by atoms with E-state index < -0.39 is 0 Å². The average Bonchev–Trinajstić information content (AvgIpc) is 2.91. The summed E-state index contributed by atoms with van der Waals surface area (Å²) in [6.07, 6.45) is 5.67. The highest BCUT2D eigenvalue weighted by atomic mass is 14.2. The first-order chi connectivity index (χ1) is 8.27. The molecular formula is C17H30. The molecule has 98 valence electrons. The number of hydrogen-bond acceptors (Lipinski definition) is 0. The molecule has 0 heterocycles. The van der Waals surface area contributed by atoms with Crippen LogP contribution < -0.4 is 0 Å². The van der Waals surface area contributed by atoms with E-state index >= 15 is 0 Å². The van der Waals surface area contributed by atoms with Crippen molar-refractivity contribution in [3.63, 3.8) is 0 Å². The highest BCUT2D eigenvalue weighted by molar-refractivity contribution is 5.32. The molecule has 0 nitrogen and oxygen atoms in total. The normalized spacial score (nSPS) is 14.5. The fourth-order valence-corrected chi connectivity index (χ4v) is 2.28. The monoisotopic (exact) mass is 234 g/mol. The van der Waals surface area contributed by atoms with Crippen molar-refractivity contribution in [2.45, 2.75) is 73.1 Å². The zero-order chi connectivity index (χ0) is 13.3. The topological polar surface area (TPSA) is 0 Å². The summed E-state index contributed by atoms with van der Waals surface area (Å²) in [6, 6.07) is 6.96. The van der Waals surface area contributed by atoms with E-state index in [2.05, 4.69) is 32.0 Å². The van der Waals surface area contributed by atoms with Gasteiger partial charge in [0.15, 0.2) is 0 Å². The molecule has 0 heteroatoms. The maximum Gasteiger partial charge on any atom is -0.0162 e. The molecule has 1 aromatic rings. The second-order valence-corrected chi connectivity index (χ2v) is 4.33. The summed E-state index contributed by atoms with van der Waals surface area (Å²) in [5.41, 5.74) is 4.44. The van der Waals surface area contributed by atoms with Gasteiger partial charge in [-0.25, -0.2) is 0 Å². The van der Waals surface area contributed by atoms with E-state index in [0.29, 0.717) is 0 Å². The van der Waals surface area contributed by atoms with Crippen molar-refractivity contribution in [3.8, 4) is 0 Å². The summed E-state index contributed by atoms with van der Waals surface area (Å²) in [5, 5.41) is 0. The third-order valence-electron chi connectivity index (χ3n) is 3.36. The van der Waals surface area contributed by atoms with Crippen molar-refractivity contribution < 1.29 is 0 Å². The molecule has 1 aromatic carbocycles. The molecule has 0 bridgehead atoms. The van der Waals surface area contributed by atoms with Crippen LogP contribution in [0.3, 0.4) is 0 Å². The molecule has 1 fully saturated rings. The Morgan fingerprint density at radius 3 is 1.82 bits per heavy atom. The minimum Gasteiger partial charge on any atom is -0.0683 e. The molecule has 0 amide bonds. The van der Waals surface area contributed by atoms with Gasteiger partial charge < -0.3 is 0 Å². The van der Waals surface area contributed by atoms with Gasteiger partial charge >= 0.3 is 0 Å². The van der Waals surface area contributed by atoms with Gasteiger partial charge in [-0.1, -0.05) is 58.7 Å². The Balaban J connectivity index is 0.000000581. The summed E-state index contributed by atoms with van der Waals surface area (Å²) >= 11 is 0. The molecule has 0 aliphatic heterocycles. The molecular weight excluding hydrogens is 204 g/mol. The van der Waals surface area contributed by atoms with Crippen molar-refractivity contribution in [3.05, 3.63) is 34.9 Å². The minimum atomic E-state index is 0.860. The van der Waals surface area contributed by atoms with Crippen molar-refractivity contribution in [2.24, 2.45) is 0 Å². The van der Waals surface area contributed by atoms with Gasteiger partial charge in [0.2, 0.25) is 0 Å². The Bertz CT molecular complexity index is 293. The Morgan fingerprint density at radius 2 is 1.35 bits per heavy atom. The van der Waals surface area contributed by atoms with Crippen LogP contribution >= 0.6 is 0 Å². The Labute approximate surface area is 108 Å². The molecule has 0 saturated heterocycles. The average molecular weight is 234 g/mol. The van der Waals surface area contributed by atoms with E-state index in [1.807, 2.05) is 27.7 Å². The lowest BCUT2D eigenvalue weighted by Crippen LogP contribution is -1.93. The molecule has 1 aliphatic carbocycles. The first-order valence-corrected chi connectivity index (χ1v) is 7.34. The lowest BCUT2D eigenvalue weighted by atomic mass is 9.94. The lowest BCUT2D eigenvalue weighted by molar-refractivity contribution is 0.722. The molecule has 1 aliphatic rings. The summed E-state index contributed by atoms with van der Waals surface area (Å²) in [7, 11) is 0. The maximum absolute atomic E-state index is 2.38. The van der Waals surface area contributed by atoms with Crippen LogP contribution in [0, 0.1) is 13.8 Å². The van der Waals surface area contributed by atoms with Crippen molar-refractivity contribution in [2.75, 3.05) is 0 Å². The first kappa shape index (κ1) is 16.2. The molecule has 17 heavy (non-hydrogen) atoms. The smallest absolute Gasteiger partial charge is 0.0162 e. The summed E-state index contributed by atoms with van der Waals surface area (Å²) < 4.78 is 0. The molecule has 2 rings (SSSR count). The van der Waals surface area contributed by atoms with E-state index in [1.54, 1.807) is 5.56 Å². The maximum atomic E-state index is 2.38. The molecule has 0 N–H and O–H groups in total. The third-order valence-corrected chi connectivity index (χ3v) is 3.36. The predicted octanol–water partition coefficient (Wildman–Crippen LogP) is 6.01. The van der Waals surface area contributed by atoms with Crippen LogP contribution in [0.15, 0.2) is 18.2 Å². The minimum absolute atomic E-state index is 0.860. The Morgan fingerprint density at radius 1 is 0.824 bits per heavy atom. The fraction of sp³-hybridized carbons (Fsp3) is 0.647. The van der Waals surface area contributed by atoms with Crippen molar-refractivity contribution in [1.29, 1.82) is 0 Å². The van der Waals surface area contributed by atoms with Gasteiger partial charge in [0, 0.05) is 0 Å². The van der Waals surface area contributed by atoms with Gasteiger partial charge in [-0.15, -0.1) is 0 Å². The second-order valence-electron chi connectivity index (χ2n) is 4.33. The lowest BCUT2D eigenvalue weighted by Gasteiger charge is -2.11. The van der Waals surface area contributed by atoms with Gasteiger partial charge in [-0.3, -0.25) is 0 Å². The predicted molar refractivity (Wildman–Crippen MR) is 79.8 cm³/mol. The zero-order valence-corrected chi connectivity index (χ0v) is 12.6. The van der Waals surface area contributed by atoms with Crippen LogP contribution in [0.5, 0.6) is 0 Å². The van der Waals surface area contributed by atoms with E-state index in [-0.39, 0.29) is 0 Å². The van der Waals surface area contributed by atoms with Crippen molar-refractivity contribution >= 4 is 0 Å². The number of rotatable bonds is 1. The van der Waals surface area contributed by atoms with Gasteiger partial charge in [0.05, 0.1) is 0 Å². The van der Waals surface area contributed by atoms with Gasteiger partial charge in [0.1, 0.15) is 0 Å². The van der Waals surface area contributed by atoms with Crippen LogP contribution in [-0.4, -0.2) is 0 Å². The van der Waals surface area contributed by atoms with E-state index in [1.165, 1.54) is 36.8 Å². The number of aryl methyl sites for hydroxylation is 2. The fourth-order valence-electron chi connectivity index (χ4n) is 2.28. The Hall–Kier alpha value is -0.780. The summed E-state index contributed by atoms with van der Waals surface area (Å²) in [5.74, 6) is 0.860. The molecule has 0 aromatic heterocycles. The Kier molecular flexibility index (Phi) is 8.85. The molecule has 0 atom stereocenters. The highest BCUT2D eigenvalue weighted by Gasteiger charge is 2.16. The van der Waals surface area contributed by atoms with Crippen LogP contribution in [0.1, 0.15) is 76.0 Å². The van der Waals surface area contributed by atoms with Gasteiger partial charge in [-0.2, -0.15) is 0 Å². The second kappa shape index (κ2) is 9.27. The van der Waals surface area contributed by atoms with E-state index in [9.17, 15) is 0 Å². The molecule has 0 unspecified atom stereocenters. The van der Waals surface area contributed by atoms with Crippen LogP contribution in [0.2, 0.25) is 0 Å². The third kappa shape index (κ3) is 4.93. The molecule has 1 saturated carbocycles. The molecule has 0 spiro atoms. The number of benzene rings is 1. The van der Waals surface area contributed by atoms with Crippen LogP contribution in [-0.2, 0) is 0 Å². The van der Waals surface area contributed by atoms with Gasteiger partial charge in [0.25, 0.3) is 0 Å². The largest absolute Gasteiger partial charge is 0.0683 e. The van der Waals surface area contributed by atoms with E-state index in [0.717, 1.165) is 5.92 Å². The highest BCUT2D eigenvalue weighted by Crippen LogP contribution is 2.34. The summed E-state index contributed by atoms with van der Waals surface area (Å²) in [6.45, 7) is 12.4. The van der Waals surface area contributed by atoms with Crippen LogP contribution in [0.25, 0.3) is 0 Å². The standard InChI is InChI=1S/C13H18.2C2H6/c1-10-7-8-13(9-11(10)2)12-5-3-4-6-12;2*1-2/h7-9,12H,3-6H2,1-2H3;2*1-2H3. The molecule has 0 radical (unpaired) electrons. The summed E-state index contributed by atoms with van der Waals surface area (Å²) in [4.78, 5) is 0. The number of hydrogen-bond donors (Lipinski definition) is 0. The quantitative estimate of drug-likeness (QED) is 0.558. The zero-order valence-electron chi connectivity index (χ0n) is 12.6. The first-order valence-electron chi connectivity index (χ1n) is 7.34. The van der Waals surface area contributed by atoms with E-state index in [4.69, 9.17) is 0 Å². The van der Waals surface area contributed by atoms with Gasteiger partial charge in [-0.05, 0) is 49.3 Å².